The summed E-state index contributed by atoms with van der Waals surface area (Å²) >= 11 is 0. The molecule has 0 saturated heterocycles. The summed E-state index contributed by atoms with van der Waals surface area (Å²) in [7, 11) is 0. The van der Waals surface area contributed by atoms with Crippen LogP contribution in [0.5, 0.6) is 0 Å². The second kappa shape index (κ2) is 4.09. The smallest absolute Gasteiger partial charge is 0.133 e. The summed E-state index contributed by atoms with van der Waals surface area (Å²) in [5.74, 6) is 0.152. The normalized spacial score (nSPS) is 33.0. The summed E-state index contributed by atoms with van der Waals surface area (Å²) in [4.78, 5) is 11.0. The Balaban J connectivity index is 2.96. The molecule has 0 heterocycles. The number of Topliss-reactive ketones (excluding diaryl/α,β-unsaturated/α-hetero) is 1. The van der Waals surface area contributed by atoms with Crippen LogP contribution in [0.15, 0.2) is 11.6 Å². The molecule has 0 bridgehead atoms. The largest absolute Gasteiger partial charge is 0.386 e. The Labute approximate surface area is 92.4 Å². The van der Waals surface area contributed by atoms with Gasteiger partial charge in [-0.25, -0.2) is 0 Å². The molecular formula is C13H22O2. The molecule has 0 aliphatic heterocycles. The van der Waals surface area contributed by atoms with E-state index in [1.165, 1.54) is 0 Å². The molecule has 2 nitrogen and oxygen atoms in total. The van der Waals surface area contributed by atoms with Gasteiger partial charge in [0.1, 0.15) is 5.78 Å². The fraction of sp³-hybridized carbons (Fsp3) is 0.769. The standard InChI is InChI=1S/C13H22O2/c1-10(14)6-7-11-12(2,3)8-5-9-13(11,4)15/h7,15H,5-6,8-9H2,1-4H3. The molecule has 1 aliphatic rings. The number of allylic oxidation sites excluding steroid dienone is 1. The van der Waals surface area contributed by atoms with Gasteiger partial charge >= 0.3 is 0 Å². The molecule has 0 aromatic carbocycles. The van der Waals surface area contributed by atoms with Crippen molar-refractivity contribution < 1.29 is 9.90 Å². The van der Waals surface area contributed by atoms with Crippen LogP contribution in [-0.2, 0) is 4.79 Å². The number of hydrogen-bond acceptors (Lipinski definition) is 2. The highest BCUT2D eigenvalue weighted by Crippen LogP contribution is 2.45. The predicted octanol–water partition coefficient (Wildman–Crippen LogP) is 2.85. The van der Waals surface area contributed by atoms with Crippen molar-refractivity contribution in [2.45, 2.75) is 59.0 Å². The number of carbonyl (C=O) groups is 1. The Morgan fingerprint density at radius 2 is 2.00 bits per heavy atom. The Kier molecular flexibility index (Phi) is 3.39. The average Bonchev–Trinajstić information content (AvgIpc) is 1.99. The molecule has 2 heteroatoms. The van der Waals surface area contributed by atoms with Crippen molar-refractivity contribution in [2.75, 3.05) is 0 Å². The van der Waals surface area contributed by atoms with E-state index in [2.05, 4.69) is 13.8 Å². The van der Waals surface area contributed by atoms with Crippen LogP contribution in [0.1, 0.15) is 53.4 Å². The zero-order valence-corrected chi connectivity index (χ0v) is 10.3. The van der Waals surface area contributed by atoms with Crippen molar-refractivity contribution in [3.8, 4) is 0 Å². The van der Waals surface area contributed by atoms with E-state index in [1.807, 2.05) is 13.0 Å². The molecule has 1 fully saturated rings. The number of ketones is 1. The monoisotopic (exact) mass is 210 g/mol. The van der Waals surface area contributed by atoms with Crippen LogP contribution >= 0.6 is 0 Å². The first kappa shape index (κ1) is 12.4. The minimum absolute atomic E-state index is 0.0250. The summed E-state index contributed by atoms with van der Waals surface area (Å²) in [6.07, 6.45) is 5.32. The van der Waals surface area contributed by atoms with Gasteiger partial charge in [0, 0.05) is 6.42 Å². The van der Waals surface area contributed by atoms with E-state index in [1.54, 1.807) is 6.92 Å². The quantitative estimate of drug-likeness (QED) is 0.712. The number of carbonyl (C=O) groups excluding carboxylic acids is 1. The highest BCUT2D eigenvalue weighted by atomic mass is 16.3. The minimum atomic E-state index is -0.725. The Bertz CT molecular complexity index is 267. The minimum Gasteiger partial charge on any atom is -0.386 e. The molecule has 1 aliphatic carbocycles. The molecule has 15 heavy (non-hydrogen) atoms. The highest BCUT2D eigenvalue weighted by molar-refractivity contribution is 5.77. The maximum absolute atomic E-state index is 11.0. The number of aliphatic hydroxyl groups is 1. The first-order chi connectivity index (χ1) is 6.76. The zero-order chi connectivity index (χ0) is 11.7. The van der Waals surface area contributed by atoms with Crippen molar-refractivity contribution >= 4 is 5.78 Å². The average molecular weight is 210 g/mol. The molecule has 1 N–H and O–H groups in total. The molecule has 1 atom stereocenters. The van der Waals surface area contributed by atoms with Gasteiger partial charge in [0.05, 0.1) is 5.60 Å². The number of hydrogen-bond donors (Lipinski definition) is 1. The van der Waals surface area contributed by atoms with Gasteiger partial charge < -0.3 is 5.11 Å². The van der Waals surface area contributed by atoms with Crippen LogP contribution < -0.4 is 0 Å². The van der Waals surface area contributed by atoms with Gasteiger partial charge in [-0.2, -0.15) is 0 Å². The van der Waals surface area contributed by atoms with Gasteiger partial charge in [-0.15, -0.1) is 0 Å². The lowest BCUT2D eigenvalue weighted by Gasteiger charge is -2.43. The molecule has 0 aromatic heterocycles. The van der Waals surface area contributed by atoms with Crippen molar-refractivity contribution in [3.63, 3.8) is 0 Å². The van der Waals surface area contributed by atoms with E-state index in [-0.39, 0.29) is 11.2 Å². The molecule has 86 valence electrons. The van der Waals surface area contributed by atoms with Crippen molar-refractivity contribution in [1.82, 2.24) is 0 Å². The Morgan fingerprint density at radius 3 is 2.47 bits per heavy atom. The molecule has 1 unspecified atom stereocenters. The lowest BCUT2D eigenvalue weighted by molar-refractivity contribution is -0.116. The van der Waals surface area contributed by atoms with E-state index in [0.29, 0.717) is 6.42 Å². The summed E-state index contributed by atoms with van der Waals surface area (Å²) in [5.41, 5.74) is 0.338. The molecule has 1 rings (SSSR count). The summed E-state index contributed by atoms with van der Waals surface area (Å²) in [6.45, 7) is 7.74. The van der Waals surface area contributed by atoms with Crippen LogP contribution in [0.2, 0.25) is 0 Å². The first-order valence-electron chi connectivity index (χ1n) is 5.69. The summed E-state index contributed by atoms with van der Waals surface area (Å²) < 4.78 is 0. The highest BCUT2D eigenvalue weighted by Gasteiger charge is 2.39. The second-order valence-electron chi connectivity index (χ2n) is 5.54. The molecule has 0 radical (unpaired) electrons. The predicted molar refractivity (Wildman–Crippen MR) is 61.6 cm³/mol. The number of rotatable bonds is 2. The summed E-state index contributed by atoms with van der Waals surface area (Å²) in [6, 6.07) is 0. The third-order valence-electron chi connectivity index (χ3n) is 3.37. The molecule has 0 amide bonds. The van der Waals surface area contributed by atoms with E-state index >= 15 is 0 Å². The van der Waals surface area contributed by atoms with Gasteiger partial charge in [0.15, 0.2) is 0 Å². The topological polar surface area (TPSA) is 37.3 Å². The van der Waals surface area contributed by atoms with E-state index in [9.17, 15) is 9.90 Å². The van der Waals surface area contributed by atoms with Gasteiger partial charge in [-0.1, -0.05) is 19.9 Å². The fourth-order valence-corrected chi connectivity index (χ4v) is 2.61. The van der Waals surface area contributed by atoms with E-state index in [4.69, 9.17) is 0 Å². The van der Waals surface area contributed by atoms with Crippen LogP contribution in [0, 0.1) is 5.41 Å². The van der Waals surface area contributed by atoms with Gasteiger partial charge in [0.25, 0.3) is 0 Å². The van der Waals surface area contributed by atoms with Crippen LogP contribution in [0.25, 0.3) is 0 Å². The lowest BCUT2D eigenvalue weighted by atomic mass is 9.66. The van der Waals surface area contributed by atoms with Crippen LogP contribution in [-0.4, -0.2) is 16.5 Å². The Morgan fingerprint density at radius 1 is 1.40 bits per heavy atom. The molecular weight excluding hydrogens is 188 g/mol. The molecule has 0 aromatic rings. The van der Waals surface area contributed by atoms with Crippen LogP contribution in [0.4, 0.5) is 0 Å². The van der Waals surface area contributed by atoms with Gasteiger partial charge in [-0.05, 0) is 44.1 Å². The van der Waals surface area contributed by atoms with Gasteiger partial charge in [0.2, 0.25) is 0 Å². The lowest BCUT2D eigenvalue weighted by Crippen LogP contribution is -2.39. The second-order valence-corrected chi connectivity index (χ2v) is 5.54. The van der Waals surface area contributed by atoms with Gasteiger partial charge in [-0.3, -0.25) is 4.79 Å². The zero-order valence-electron chi connectivity index (χ0n) is 10.3. The Hall–Kier alpha value is -0.630. The SMILES string of the molecule is CC(=O)CC=C1C(C)(C)CCCC1(C)O. The maximum atomic E-state index is 11.0. The molecule has 1 saturated carbocycles. The fourth-order valence-electron chi connectivity index (χ4n) is 2.61. The van der Waals surface area contributed by atoms with E-state index < -0.39 is 5.60 Å². The van der Waals surface area contributed by atoms with Crippen molar-refractivity contribution in [3.05, 3.63) is 11.6 Å². The van der Waals surface area contributed by atoms with Crippen molar-refractivity contribution in [1.29, 1.82) is 0 Å². The first-order valence-corrected chi connectivity index (χ1v) is 5.69. The van der Waals surface area contributed by atoms with E-state index in [0.717, 1.165) is 24.8 Å². The maximum Gasteiger partial charge on any atom is 0.133 e. The third-order valence-corrected chi connectivity index (χ3v) is 3.37. The van der Waals surface area contributed by atoms with Crippen molar-refractivity contribution in [2.24, 2.45) is 5.41 Å². The third kappa shape index (κ3) is 2.91. The summed E-state index contributed by atoms with van der Waals surface area (Å²) in [5, 5.41) is 10.3. The van der Waals surface area contributed by atoms with Crippen LogP contribution in [0.3, 0.4) is 0 Å². The molecule has 0 spiro atoms.